The van der Waals surface area contributed by atoms with Crippen LogP contribution in [0.25, 0.3) is 39.3 Å². The molecule has 6 heterocycles. The molecule has 204 valence electrons. The zero-order valence-electron chi connectivity index (χ0n) is 22.5. The summed E-state index contributed by atoms with van der Waals surface area (Å²) in [7, 11) is 3.31. The predicted octanol–water partition coefficient (Wildman–Crippen LogP) is 4.78. The smallest absolute Gasteiger partial charge is 0.225 e. The number of aryl methyl sites for hydroxylation is 1. The number of carbonyl (C=O) groups is 1. The number of aromatic nitrogens is 7. The van der Waals surface area contributed by atoms with Crippen molar-refractivity contribution in [3.63, 3.8) is 0 Å². The number of ether oxygens (including phenoxy) is 2. The van der Waals surface area contributed by atoms with Crippen molar-refractivity contribution in [1.29, 1.82) is 0 Å². The van der Waals surface area contributed by atoms with Gasteiger partial charge in [-0.05, 0) is 49.1 Å². The topological polar surface area (TPSA) is 110 Å². The molecule has 0 bridgehead atoms. The first-order valence-electron chi connectivity index (χ1n) is 13.0. The van der Waals surface area contributed by atoms with E-state index in [2.05, 4.69) is 26.9 Å². The fourth-order valence-corrected chi connectivity index (χ4v) is 5.69. The van der Waals surface area contributed by atoms with E-state index in [1.165, 1.54) is 20.1 Å². The van der Waals surface area contributed by atoms with E-state index in [0.717, 1.165) is 11.3 Å². The number of nitrogens with zero attached hydrogens (tertiary/aromatic N) is 7. The monoisotopic (exact) mass is 541 g/mol. The average Bonchev–Trinajstić information content (AvgIpc) is 3.51. The van der Waals surface area contributed by atoms with Gasteiger partial charge >= 0.3 is 0 Å². The first kappa shape index (κ1) is 25.8. The summed E-state index contributed by atoms with van der Waals surface area (Å²) >= 11 is 0. The van der Waals surface area contributed by atoms with Crippen LogP contribution in [0.15, 0.2) is 43.2 Å². The molecule has 0 aliphatic carbocycles. The van der Waals surface area contributed by atoms with Gasteiger partial charge in [0.1, 0.15) is 22.7 Å². The van der Waals surface area contributed by atoms with Crippen molar-refractivity contribution < 1.29 is 18.7 Å². The lowest BCUT2D eigenvalue weighted by Crippen LogP contribution is -2.28. The molecular weight excluding hydrogens is 513 g/mol. The van der Waals surface area contributed by atoms with Crippen molar-refractivity contribution in [2.75, 3.05) is 20.3 Å². The van der Waals surface area contributed by atoms with E-state index >= 15 is 4.39 Å². The summed E-state index contributed by atoms with van der Waals surface area (Å²) in [5.74, 6) is -0.347. The highest BCUT2D eigenvalue weighted by Gasteiger charge is 2.34. The molecule has 1 aliphatic rings. The van der Waals surface area contributed by atoms with Crippen molar-refractivity contribution in [2.45, 2.75) is 25.8 Å². The van der Waals surface area contributed by atoms with Crippen LogP contribution in [0.2, 0.25) is 0 Å². The molecule has 6 rings (SSSR count). The summed E-state index contributed by atoms with van der Waals surface area (Å²) in [5.41, 5.74) is 4.64. The quantitative estimate of drug-likeness (QED) is 0.271. The van der Waals surface area contributed by atoms with Crippen molar-refractivity contribution in [3.05, 3.63) is 66.1 Å². The van der Waals surface area contributed by atoms with Gasteiger partial charge in [0.25, 0.3) is 0 Å². The molecule has 1 saturated heterocycles. The summed E-state index contributed by atoms with van der Waals surface area (Å²) in [4.78, 5) is 26.4. The van der Waals surface area contributed by atoms with E-state index in [0.29, 0.717) is 59.4 Å². The third kappa shape index (κ3) is 4.13. The highest BCUT2D eigenvalue weighted by molar-refractivity contribution is 6.11. The Balaban J connectivity index is 1.75. The summed E-state index contributed by atoms with van der Waals surface area (Å²) in [6.45, 7) is 6.45. The Morgan fingerprint density at radius 2 is 2.05 bits per heavy atom. The number of ketones is 1. The molecule has 10 nitrogen and oxygen atoms in total. The summed E-state index contributed by atoms with van der Waals surface area (Å²) in [6, 6.07) is 6.20. The fraction of sp³-hybridized carbons (Fsp3) is 0.310. The molecule has 0 aromatic carbocycles. The van der Waals surface area contributed by atoms with E-state index in [4.69, 9.17) is 14.5 Å². The van der Waals surface area contributed by atoms with Crippen LogP contribution < -0.4 is 4.74 Å². The van der Waals surface area contributed by atoms with E-state index in [9.17, 15) is 4.79 Å². The van der Waals surface area contributed by atoms with E-state index in [-0.39, 0.29) is 23.3 Å². The number of hydrogen-bond acceptors (Lipinski definition) is 8. The zero-order valence-corrected chi connectivity index (χ0v) is 22.5. The summed E-state index contributed by atoms with van der Waals surface area (Å²) in [5, 5.41) is 8.99. The number of rotatable bonds is 7. The van der Waals surface area contributed by atoms with Gasteiger partial charge < -0.3 is 14.0 Å². The Hall–Kier alpha value is -4.51. The SMILES string of the molecule is C=Cc1nnn(C)c1-c1cnc2c3c(OC)nc(C(C)=O)cc3n([C@@H](c3ncccc3F)C3CCOCC3)c2c1. The minimum absolute atomic E-state index is 0.00245. The largest absolute Gasteiger partial charge is 0.480 e. The minimum atomic E-state index is -0.516. The normalized spacial score (nSPS) is 15.0. The maximum Gasteiger partial charge on any atom is 0.225 e. The molecule has 1 fully saturated rings. The molecule has 1 aliphatic heterocycles. The summed E-state index contributed by atoms with van der Waals surface area (Å²) < 4.78 is 30.6. The van der Waals surface area contributed by atoms with Crippen LogP contribution in [0.3, 0.4) is 0 Å². The molecule has 0 radical (unpaired) electrons. The molecule has 0 unspecified atom stereocenters. The number of carbonyl (C=O) groups excluding carboxylic acids is 1. The van der Waals surface area contributed by atoms with Gasteiger partial charge in [-0.25, -0.2) is 14.1 Å². The lowest BCUT2D eigenvalue weighted by molar-refractivity contribution is 0.0543. The van der Waals surface area contributed by atoms with Gasteiger partial charge in [0.15, 0.2) is 5.78 Å². The molecule has 5 aromatic heterocycles. The van der Waals surface area contributed by atoms with E-state index in [1.807, 2.05) is 10.6 Å². The number of fused-ring (bicyclic) bond motifs is 3. The third-order valence-electron chi connectivity index (χ3n) is 7.52. The third-order valence-corrected chi connectivity index (χ3v) is 7.52. The van der Waals surface area contributed by atoms with Crippen molar-refractivity contribution in [2.24, 2.45) is 13.0 Å². The van der Waals surface area contributed by atoms with Crippen molar-refractivity contribution >= 4 is 33.8 Å². The second-order valence-electron chi connectivity index (χ2n) is 9.84. The first-order chi connectivity index (χ1) is 19.4. The average molecular weight is 542 g/mol. The van der Waals surface area contributed by atoms with Crippen LogP contribution in [0.1, 0.15) is 47.7 Å². The molecule has 11 heteroatoms. The number of halogens is 1. The maximum absolute atomic E-state index is 15.5. The molecule has 0 spiro atoms. The van der Waals surface area contributed by atoms with Gasteiger partial charge in [-0.15, -0.1) is 5.10 Å². The molecule has 40 heavy (non-hydrogen) atoms. The first-order valence-corrected chi connectivity index (χ1v) is 13.0. The molecule has 1 atom stereocenters. The standard InChI is InChI=1S/C29H28FN7O3/c1-5-20-27(36(3)35-34-20)18-13-23-26(32-15-18)24-22(14-21(16(2)38)33-29(24)39-4)37(23)28(17-8-11-40-12-9-17)25-19(30)7-6-10-31-25/h5-7,10,13-15,17,28H,1,8-9,11-12H2,2-4H3/t28-/m1/s1. The number of methoxy groups -OCH3 is 1. The van der Waals surface area contributed by atoms with Crippen LogP contribution in [0.5, 0.6) is 5.88 Å². The second-order valence-corrected chi connectivity index (χ2v) is 9.84. The lowest BCUT2D eigenvalue weighted by atomic mass is 9.88. The Morgan fingerprint density at radius 3 is 2.75 bits per heavy atom. The Labute approximate surface area is 229 Å². The molecule has 0 N–H and O–H groups in total. The van der Waals surface area contributed by atoms with Crippen LogP contribution in [-0.2, 0) is 11.8 Å². The lowest BCUT2D eigenvalue weighted by Gasteiger charge is -2.32. The van der Waals surface area contributed by atoms with Gasteiger partial charge in [-0.1, -0.05) is 11.8 Å². The molecular formula is C29H28FN7O3. The van der Waals surface area contributed by atoms with E-state index in [1.54, 1.807) is 42.3 Å². The zero-order chi connectivity index (χ0) is 28.0. The Kier molecular flexibility index (Phi) is 6.59. The van der Waals surface area contributed by atoms with E-state index < -0.39 is 11.9 Å². The number of Topliss-reactive ketones (excluding diaryl/α,β-unsaturated/α-hetero) is 1. The Morgan fingerprint density at radius 1 is 1.25 bits per heavy atom. The van der Waals surface area contributed by atoms with Crippen molar-refractivity contribution in [3.8, 4) is 17.1 Å². The van der Waals surface area contributed by atoms with Crippen LogP contribution in [0.4, 0.5) is 4.39 Å². The molecule has 0 saturated carbocycles. The minimum Gasteiger partial charge on any atom is -0.480 e. The van der Waals surface area contributed by atoms with Gasteiger partial charge in [0.05, 0.1) is 41.0 Å². The van der Waals surface area contributed by atoms with Gasteiger partial charge in [-0.2, -0.15) is 0 Å². The second kappa shape index (κ2) is 10.2. The van der Waals surface area contributed by atoms with Gasteiger partial charge in [-0.3, -0.25) is 14.8 Å². The van der Waals surface area contributed by atoms with Crippen LogP contribution in [-0.4, -0.2) is 60.6 Å². The maximum atomic E-state index is 15.5. The van der Waals surface area contributed by atoms with Crippen LogP contribution >= 0.6 is 0 Å². The van der Waals surface area contributed by atoms with Gasteiger partial charge in [0.2, 0.25) is 5.88 Å². The highest BCUT2D eigenvalue weighted by atomic mass is 19.1. The fourth-order valence-electron chi connectivity index (χ4n) is 5.69. The molecule has 0 amide bonds. The molecule has 5 aromatic rings. The van der Waals surface area contributed by atoms with Crippen LogP contribution in [0, 0.1) is 11.7 Å². The predicted molar refractivity (Wildman–Crippen MR) is 148 cm³/mol. The van der Waals surface area contributed by atoms with Gasteiger partial charge in [0, 0.05) is 45.1 Å². The van der Waals surface area contributed by atoms with Crippen molar-refractivity contribution in [1.82, 2.24) is 34.5 Å². The number of pyridine rings is 3. The summed E-state index contributed by atoms with van der Waals surface area (Å²) in [6.07, 6.45) is 6.40. The number of hydrogen-bond donors (Lipinski definition) is 0. The highest BCUT2D eigenvalue weighted by Crippen LogP contribution is 2.43. The Bertz CT molecular complexity index is 1770.